The van der Waals surface area contributed by atoms with Gasteiger partial charge in [0.15, 0.2) is 0 Å². The van der Waals surface area contributed by atoms with Crippen molar-refractivity contribution in [3.63, 3.8) is 0 Å². The minimum absolute atomic E-state index is 0. The maximum atomic E-state index is 12.0. The highest BCUT2D eigenvalue weighted by Crippen LogP contribution is 2.37. The van der Waals surface area contributed by atoms with Gasteiger partial charge < -0.3 is 15.8 Å². The van der Waals surface area contributed by atoms with E-state index in [0.717, 1.165) is 6.42 Å². The third-order valence-corrected chi connectivity index (χ3v) is 4.00. The van der Waals surface area contributed by atoms with Crippen LogP contribution in [0.1, 0.15) is 46.5 Å². The lowest BCUT2D eigenvalue weighted by molar-refractivity contribution is -0.132. The fourth-order valence-electron chi connectivity index (χ4n) is 2.93. The van der Waals surface area contributed by atoms with Crippen LogP contribution in [0.15, 0.2) is 0 Å². The van der Waals surface area contributed by atoms with Crippen LogP contribution in [0.25, 0.3) is 0 Å². The van der Waals surface area contributed by atoms with Gasteiger partial charge in [-0.1, -0.05) is 33.6 Å². The second kappa shape index (κ2) is 8.08. The molecule has 3 atom stereocenters. The normalized spacial score (nSPS) is 25.3. The summed E-state index contributed by atoms with van der Waals surface area (Å²) in [6, 6.07) is 0.260. The van der Waals surface area contributed by atoms with Crippen LogP contribution in [0.5, 0.6) is 0 Å². The molecule has 1 fully saturated rings. The van der Waals surface area contributed by atoms with Crippen molar-refractivity contribution in [2.24, 2.45) is 17.1 Å². The van der Waals surface area contributed by atoms with Crippen LogP contribution in [0.3, 0.4) is 0 Å². The summed E-state index contributed by atoms with van der Waals surface area (Å²) in [5.41, 5.74) is 5.75. The third-order valence-electron chi connectivity index (χ3n) is 4.00. The van der Waals surface area contributed by atoms with Gasteiger partial charge in [0.25, 0.3) is 5.91 Å². The minimum Gasteiger partial charge on any atom is -0.370 e. The van der Waals surface area contributed by atoms with Gasteiger partial charge in [-0.05, 0) is 24.2 Å². The number of methoxy groups -OCH3 is 1. The summed E-state index contributed by atoms with van der Waals surface area (Å²) in [6.07, 6.45) is 4.19. The molecule has 0 bridgehead atoms. The number of amides is 1. The Kier molecular flexibility index (Phi) is 7.94. The lowest BCUT2D eigenvalue weighted by Crippen LogP contribution is -2.51. The number of hydrogen-bond acceptors (Lipinski definition) is 3. The average Bonchev–Trinajstić information content (AvgIpc) is 2.30. The van der Waals surface area contributed by atoms with E-state index in [1.807, 2.05) is 0 Å². The molecule has 1 saturated carbocycles. The summed E-state index contributed by atoms with van der Waals surface area (Å²) >= 11 is 0. The number of rotatable bonds is 4. The molecule has 1 amide bonds. The SMILES string of the molecule is COC(CN)C(=O)NC1CCCCC1C(C)(C)C.Cl. The Hall–Kier alpha value is -0.320. The highest BCUT2D eigenvalue weighted by atomic mass is 35.5. The minimum atomic E-state index is -0.521. The van der Waals surface area contributed by atoms with E-state index in [1.54, 1.807) is 0 Å². The number of halogens is 1. The molecular weight excluding hydrogens is 264 g/mol. The molecule has 0 radical (unpaired) electrons. The van der Waals surface area contributed by atoms with E-state index in [4.69, 9.17) is 10.5 Å². The molecule has 0 saturated heterocycles. The van der Waals surface area contributed by atoms with E-state index in [1.165, 1.54) is 26.4 Å². The Balaban J connectivity index is 0.00000324. The first-order valence-corrected chi connectivity index (χ1v) is 6.93. The first-order valence-electron chi connectivity index (χ1n) is 6.93. The van der Waals surface area contributed by atoms with Gasteiger partial charge >= 0.3 is 0 Å². The van der Waals surface area contributed by atoms with Gasteiger partial charge in [-0.2, -0.15) is 0 Å². The highest BCUT2D eigenvalue weighted by Gasteiger charge is 2.35. The number of nitrogens with two attached hydrogens (primary N) is 1. The zero-order valence-corrected chi connectivity index (χ0v) is 13.4. The van der Waals surface area contributed by atoms with Gasteiger partial charge in [0.05, 0.1) is 0 Å². The molecule has 4 nitrogen and oxygen atoms in total. The second-order valence-electron chi connectivity index (χ2n) is 6.33. The maximum Gasteiger partial charge on any atom is 0.250 e. The Bertz CT molecular complexity index is 275. The van der Waals surface area contributed by atoms with Crippen molar-refractivity contribution in [3.8, 4) is 0 Å². The van der Waals surface area contributed by atoms with Crippen LogP contribution in [0.2, 0.25) is 0 Å². The maximum absolute atomic E-state index is 12.0. The summed E-state index contributed by atoms with van der Waals surface area (Å²) in [6.45, 7) is 6.98. The number of hydrogen-bond donors (Lipinski definition) is 2. The van der Waals surface area contributed by atoms with Gasteiger partial charge in [0.2, 0.25) is 0 Å². The van der Waals surface area contributed by atoms with Crippen molar-refractivity contribution >= 4 is 18.3 Å². The molecule has 3 N–H and O–H groups in total. The van der Waals surface area contributed by atoms with E-state index in [2.05, 4.69) is 26.1 Å². The van der Waals surface area contributed by atoms with Gasteiger partial charge in [-0.15, -0.1) is 12.4 Å². The van der Waals surface area contributed by atoms with Crippen molar-refractivity contribution in [1.29, 1.82) is 0 Å². The van der Waals surface area contributed by atoms with Gasteiger partial charge in [0, 0.05) is 19.7 Å². The van der Waals surface area contributed by atoms with Crippen molar-refractivity contribution in [1.82, 2.24) is 5.32 Å². The smallest absolute Gasteiger partial charge is 0.250 e. The van der Waals surface area contributed by atoms with E-state index < -0.39 is 6.10 Å². The van der Waals surface area contributed by atoms with Crippen molar-refractivity contribution in [2.45, 2.75) is 58.6 Å². The van der Waals surface area contributed by atoms with Crippen LogP contribution < -0.4 is 11.1 Å². The third kappa shape index (κ3) is 5.28. The van der Waals surface area contributed by atoms with E-state index in [-0.39, 0.29) is 36.3 Å². The monoisotopic (exact) mass is 292 g/mol. The second-order valence-corrected chi connectivity index (χ2v) is 6.33. The zero-order valence-electron chi connectivity index (χ0n) is 12.6. The molecule has 1 aliphatic rings. The molecule has 0 aliphatic heterocycles. The van der Waals surface area contributed by atoms with Crippen LogP contribution >= 0.6 is 12.4 Å². The molecule has 0 heterocycles. The van der Waals surface area contributed by atoms with Crippen molar-refractivity contribution < 1.29 is 9.53 Å². The summed E-state index contributed by atoms with van der Waals surface area (Å²) in [5, 5.41) is 3.13. The van der Waals surface area contributed by atoms with Gasteiger partial charge in [0.1, 0.15) is 6.10 Å². The molecular formula is C14H29ClN2O2. The molecule has 114 valence electrons. The van der Waals surface area contributed by atoms with Crippen LogP contribution in [-0.4, -0.2) is 31.7 Å². The van der Waals surface area contributed by atoms with Crippen LogP contribution in [-0.2, 0) is 9.53 Å². The van der Waals surface area contributed by atoms with Crippen molar-refractivity contribution in [3.05, 3.63) is 0 Å². The molecule has 0 aromatic carbocycles. The Labute approximate surface area is 123 Å². The Morgan fingerprint density at radius 1 is 1.37 bits per heavy atom. The first-order chi connectivity index (χ1) is 8.40. The predicted octanol–water partition coefficient (Wildman–Crippen LogP) is 2.10. The van der Waals surface area contributed by atoms with E-state index >= 15 is 0 Å². The van der Waals surface area contributed by atoms with Crippen LogP contribution in [0, 0.1) is 11.3 Å². The summed E-state index contributed by atoms with van der Waals surface area (Å²) in [7, 11) is 1.53. The lowest BCUT2D eigenvalue weighted by Gasteiger charge is -2.41. The van der Waals surface area contributed by atoms with E-state index in [0.29, 0.717) is 5.92 Å². The molecule has 5 heteroatoms. The number of nitrogens with one attached hydrogen (secondary N) is 1. The Morgan fingerprint density at radius 3 is 2.42 bits per heavy atom. The molecule has 19 heavy (non-hydrogen) atoms. The highest BCUT2D eigenvalue weighted by molar-refractivity contribution is 5.85. The fraction of sp³-hybridized carbons (Fsp3) is 0.929. The molecule has 0 spiro atoms. The summed E-state index contributed by atoms with van der Waals surface area (Å²) in [5.74, 6) is 0.464. The number of carbonyl (C=O) groups excluding carboxylic acids is 1. The number of carbonyl (C=O) groups is 1. The summed E-state index contributed by atoms with van der Waals surface area (Å²) in [4.78, 5) is 12.0. The van der Waals surface area contributed by atoms with Crippen LogP contribution in [0.4, 0.5) is 0 Å². The predicted molar refractivity (Wildman–Crippen MR) is 80.4 cm³/mol. The topological polar surface area (TPSA) is 64.3 Å². The standard InChI is InChI=1S/C14H28N2O2.ClH/c1-14(2,3)10-7-5-6-8-11(10)16-13(17)12(9-15)18-4;/h10-12H,5-9,15H2,1-4H3,(H,16,17);1H. The molecule has 1 aliphatic carbocycles. The zero-order chi connectivity index (χ0) is 13.8. The molecule has 3 unspecified atom stereocenters. The fourth-order valence-corrected chi connectivity index (χ4v) is 2.93. The average molecular weight is 293 g/mol. The quantitative estimate of drug-likeness (QED) is 0.834. The molecule has 0 aromatic rings. The number of ether oxygens (including phenoxy) is 1. The van der Waals surface area contributed by atoms with Gasteiger partial charge in [-0.25, -0.2) is 0 Å². The van der Waals surface area contributed by atoms with Gasteiger partial charge in [-0.3, -0.25) is 4.79 Å². The van der Waals surface area contributed by atoms with Crippen molar-refractivity contribution in [2.75, 3.05) is 13.7 Å². The molecule has 0 aromatic heterocycles. The lowest BCUT2D eigenvalue weighted by atomic mass is 9.69. The summed E-state index contributed by atoms with van der Waals surface area (Å²) < 4.78 is 5.09. The largest absolute Gasteiger partial charge is 0.370 e. The Morgan fingerprint density at radius 2 is 1.95 bits per heavy atom. The molecule has 1 rings (SSSR count). The van der Waals surface area contributed by atoms with E-state index in [9.17, 15) is 4.79 Å². The first kappa shape index (κ1) is 18.7.